The van der Waals surface area contributed by atoms with Crippen LogP contribution in [0, 0.1) is 12.3 Å². The molecule has 1 fully saturated rings. The van der Waals surface area contributed by atoms with Gasteiger partial charge in [0.25, 0.3) is 0 Å². The Kier molecular flexibility index (Phi) is 4.19. The largest absolute Gasteiger partial charge is 0.481 e. The van der Waals surface area contributed by atoms with Gasteiger partial charge >= 0.3 is 5.97 Å². The van der Waals surface area contributed by atoms with E-state index in [1.165, 1.54) is 0 Å². The van der Waals surface area contributed by atoms with Gasteiger partial charge in [0, 0.05) is 18.3 Å². The Morgan fingerprint density at radius 1 is 1.53 bits per heavy atom. The van der Waals surface area contributed by atoms with E-state index in [0.717, 1.165) is 23.5 Å². The van der Waals surface area contributed by atoms with E-state index in [9.17, 15) is 9.59 Å². The maximum Gasteiger partial charge on any atom is 0.311 e. The highest BCUT2D eigenvalue weighted by molar-refractivity contribution is 7.09. The summed E-state index contributed by atoms with van der Waals surface area (Å²) in [7, 11) is 0. The van der Waals surface area contributed by atoms with E-state index < -0.39 is 11.4 Å². The van der Waals surface area contributed by atoms with Crippen LogP contribution < -0.4 is 5.32 Å². The first-order chi connectivity index (χ1) is 9.02. The lowest BCUT2D eigenvalue weighted by Gasteiger charge is -2.10. The van der Waals surface area contributed by atoms with Gasteiger partial charge in [-0.15, -0.1) is 11.3 Å². The van der Waals surface area contributed by atoms with Crippen molar-refractivity contribution in [3.05, 3.63) is 16.1 Å². The Morgan fingerprint density at radius 2 is 2.26 bits per heavy atom. The predicted molar refractivity (Wildman–Crippen MR) is 72.1 cm³/mol. The lowest BCUT2D eigenvalue weighted by Crippen LogP contribution is -2.34. The number of carboxylic acid groups (broad SMARTS) is 1. The second-order valence-electron chi connectivity index (χ2n) is 5.07. The van der Waals surface area contributed by atoms with Crippen molar-refractivity contribution in [1.82, 2.24) is 10.3 Å². The molecule has 0 saturated heterocycles. The average Bonchev–Trinajstić information content (AvgIpc) is 3.05. The summed E-state index contributed by atoms with van der Waals surface area (Å²) in [5.74, 6) is -0.870. The van der Waals surface area contributed by atoms with Crippen LogP contribution in [0.3, 0.4) is 0 Å². The molecule has 0 aliphatic heterocycles. The molecule has 0 spiro atoms. The first-order valence-corrected chi connectivity index (χ1v) is 7.31. The van der Waals surface area contributed by atoms with Gasteiger partial charge < -0.3 is 10.4 Å². The van der Waals surface area contributed by atoms with Gasteiger partial charge in [0.1, 0.15) is 0 Å². The minimum atomic E-state index is -0.800. The van der Waals surface area contributed by atoms with Crippen molar-refractivity contribution in [3.63, 3.8) is 0 Å². The Balaban J connectivity index is 1.64. The molecule has 6 heteroatoms. The second-order valence-corrected chi connectivity index (χ2v) is 6.14. The Bertz CT molecular complexity index is 480. The number of carboxylic acids is 1. The van der Waals surface area contributed by atoms with Crippen LogP contribution in [0.2, 0.25) is 0 Å². The number of aryl methyl sites for hydroxylation is 2. The van der Waals surface area contributed by atoms with Crippen molar-refractivity contribution < 1.29 is 14.7 Å². The number of nitrogens with zero attached hydrogens (tertiary/aromatic N) is 1. The van der Waals surface area contributed by atoms with E-state index >= 15 is 0 Å². The molecule has 1 aliphatic rings. The molecule has 5 nitrogen and oxygen atoms in total. The van der Waals surface area contributed by atoms with Gasteiger partial charge in [-0.05, 0) is 32.6 Å². The van der Waals surface area contributed by atoms with Gasteiger partial charge in [0.2, 0.25) is 5.91 Å². The Morgan fingerprint density at radius 3 is 2.79 bits per heavy atom. The van der Waals surface area contributed by atoms with Crippen molar-refractivity contribution in [2.75, 3.05) is 6.54 Å². The van der Waals surface area contributed by atoms with Gasteiger partial charge in [-0.1, -0.05) is 0 Å². The third kappa shape index (κ3) is 3.76. The molecule has 104 valence electrons. The zero-order valence-electron chi connectivity index (χ0n) is 10.9. The molecule has 1 aliphatic carbocycles. The summed E-state index contributed by atoms with van der Waals surface area (Å²) < 4.78 is 0. The number of thiazole rings is 1. The van der Waals surface area contributed by atoms with Crippen molar-refractivity contribution in [3.8, 4) is 0 Å². The molecule has 0 atom stereocenters. The molecule has 1 amide bonds. The fourth-order valence-electron chi connectivity index (χ4n) is 1.93. The SMILES string of the molecule is Cc1nc(CCCC(=O)NCC2(C(=O)O)CC2)cs1. The number of aliphatic carboxylic acids is 1. The van der Waals surface area contributed by atoms with Crippen molar-refractivity contribution >= 4 is 23.2 Å². The number of carbonyl (C=O) groups excluding carboxylic acids is 1. The van der Waals surface area contributed by atoms with E-state index in [2.05, 4.69) is 10.3 Å². The van der Waals surface area contributed by atoms with Crippen molar-refractivity contribution in [2.24, 2.45) is 5.41 Å². The summed E-state index contributed by atoms with van der Waals surface area (Å²) in [4.78, 5) is 26.9. The highest BCUT2D eigenvalue weighted by Crippen LogP contribution is 2.45. The summed E-state index contributed by atoms with van der Waals surface area (Å²) >= 11 is 1.61. The van der Waals surface area contributed by atoms with E-state index in [1.54, 1.807) is 11.3 Å². The van der Waals surface area contributed by atoms with Crippen LogP contribution in [-0.2, 0) is 16.0 Å². The van der Waals surface area contributed by atoms with Gasteiger partial charge in [0.05, 0.1) is 16.1 Å². The van der Waals surface area contributed by atoms with Crippen LogP contribution in [-0.4, -0.2) is 28.5 Å². The number of carbonyl (C=O) groups is 2. The molecule has 2 N–H and O–H groups in total. The molecular weight excluding hydrogens is 264 g/mol. The third-order valence-electron chi connectivity index (χ3n) is 3.43. The number of amides is 1. The topological polar surface area (TPSA) is 79.3 Å². The predicted octanol–water partition coefficient (Wildman–Crippen LogP) is 1.76. The fourth-order valence-corrected chi connectivity index (χ4v) is 2.57. The molecule has 0 radical (unpaired) electrons. The first-order valence-electron chi connectivity index (χ1n) is 6.43. The maximum atomic E-state index is 11.6. The lowest BCUT2D eigenvalue weighted by molar-refractivity contribution is -0.143. The molecule has 1 aromatic heterocycles. The number of nitrogens with one attached hydrogen (secondary N) is 1. The summed E-state index contributed by atoms with van der Waals surface area (Å²) in [5, 5.41) is 14.8. The maximum absolute atomic E-state index is 11.6. The quantitative estimate of drug-likeness (QED) is 0.798. The molecule has 1 heterocycles. The van der Waals surface area contributed by atoms with Gasteiger partial charge in [-0.3, -0.25) is 9.59 Å². The highest BCUT2D eigenvalue weighted by atomic mass is 32.1. The normalized spacial score (nSPS) is 16.1. The summed E-state index contributed by atoms with van der Waals surface area (Å²) in [6, 6.07) is 0. The van der Waals surface area contributed by atoms with Gasteiger partial charge in [-0.25, -0.2) is 4.98 Å². The van der Waals surface area contributed by atoms with Crippen LogP contribution in [0.15, 0.2) is 5.38 Å². The zero-order chi connectivity index (χ0) is 13.9. The van der Waals surface area contributed by atoms with Crippen molar-refractivity contribution in [2.45, 2.75) is 39.0 Å². The van der Waals surface area contributed by atoms with Crippen LogP contribution in [0.25, 0.3) is 0 Å². The number of rotatable bonds is 7. The fraction of sp³-hybridized carbons (Fsp3) is 0.615. The number of hydrogen-bond acceptors (Lipinski definition) is 4. The molecule has 0 aromatic carbocycles. The average molecular weight is 282 g/mol. The molecular formula is C13H18N2O3S. The highest BCUT2D eigenvalue weighted by Gasteiger charge is 2.50. The Labute approximate surface area is 116 Å². The van der Waals surface area contributed by atoms with E-state index in [-0.39, 0.29) is 12.5 Å². The van der Waals surface area contributed by atoms with E-state index in [1.807, 2.05) is 12.3 Å². The van der Waals surface area contributed by atoms with E-state index in [4.69, 9.17) is 5.11 Å². The number of aromatic nitrogens is 1. The lowest BCUT2D eigenvalue weighted by atomic mass is 10.1. The Hall–Kier alpha value is -1.43. The van der Waals surface area contributed by atoms with Crippen molar-refractivity contribution in [1.29, 1.82) is 0 Å². The van der Waals surface area contributed by atoms with Crippen LogP contribution >= 0.6 is 11.3 Å². The minimum Gasteiger partial charge on any atom is -0.481 e. The second kappa shape index (κ2) is 5.69. The molecule has 19 heavy (non-hydrogen) atoms. The monoisotopic (exact) mass is 282 g/mol. The standard InChI is InChI=1S/C13H18N2O3S/c1-9-15-10(7-19-9)3-2-4-11(16)14-8-13(5-6-13)12(17)18/h7H,2-6,8H2,1H3,(H,14,16)(H,17,18). The zero-order valence-corrected chi connectivity index (χ0v) is 11.8. The van der Waals surface area contributed by atoms with Crippen LogP contribution in [0.5, 0.6) is 0 Å². The molecule has 0 unspecified atom stereocenters. The molecule has 1 aromatic rings. The van der Waals surface area contributed by atoms with Gasteiger partial charge in [-0.2, -0.15) is 0 Å². The van der Waals surface area contributed by atoms with Crippen LogP contribution in [0.4, 0.5) is 0 Å². The third-order valence-corrected chi connectivity index (χ3v) is 4.26. The smallest absolute Gasteiger partial charge is 0.311 e. The molecule has 1 saturated carbocycles. The van der Waals surface area contributed by atoms with E-state index in [0.29, 0.717) is 19.3 Å². The minimum absolute atomic E-state index is 0.0699. The first kappa shape index (κ1) is 14.0. The molecule has 0 bridgehead atoms. The summed E-state index contributed by atoms with van der Waals surface area (Å²) in [5.41, 5.74) is 0.348. The summed E-state index contributed by atoms with van der Waals surface area (Å²) in [6.07, 6.45) is 3.30. The van der Waals surface area contributed by atoms with Crippen LogP contribution in [0.1, 0.15) is 36.4 Å². The molecule has 2 rings (SSSR count). The van der Waals surface area contributed by atoms with Gasteiger partial charge in [0.15, 0.2) is 0 Å². The number of hydrogen-bond donors (Lipinski definition) is 2. The summed E-state index contributed by atoms with van der Waals surface area (Å²) in [6.45, 7) is 2.22.